The Hall–Kier alpha value is -4.25. The number of nitrogens with zero attached hydrogens (tertiary/aromatic N) is 3. The average molecular weight is 637 g/mol. The summed E-state index contributed by atoms with van der Waals surface area (Å²) in [5.41, 5.74) is 2.94. The van der Waals surface area contributed by atoms with Crippen molar-refractivity contribution in [3.63, 3.8) is 0 Å². The van der Waals surface area contributed by atoms with Gasteiger partial charge in [0.2, 0.25) is 0 Å². The molecule has 0 atom stereocenters. The molecule has 0 saturated heterocycles. The first kappa shape index (κ1) is 32.2. The Kier molecular flexibility index (Phi) is 9.86. The lowest BCUT2D eigenvalue weighted by atomic mass is 9.92. The van der Waals surface area contributed by atoms with Gasteiger partial charge in [0, 0.05) is 36.2 Å². The second-order valence-corrected chi connectivity index (χ2v) is 12.5. The van der Waals surface area contributed by atoms with Crippen LogP contribution in [0.5, 0.6) is 5.75 Å². The van der Waals surface area contributed by atoms with Crippen molar-refractivity contribution in [3.8, 4) is 28.1 Å². The summed E-state index contributed by atoms with van der Waals surface area (Å²) in [4.78, 5) is 23.8. The van der Waals surface area contributed by atoms with Crippen LogP contribution in [0, 0.1) is 5.41 Å². The molecule has 0 saturated carbocycles. The highest BCUT2D eigenvalue weighted by atomic mass is 32.2. The van der Waals surface area contributed by atoms with Crippen LogP contribution >= 0.6 is 11.9 Å². The molecule has 3 heterocycles. The predicted molar refractivity (Wildman–Crippen MR) is 171 cm³/mol. The van der Waals surface area contributed by atoms with Gasteiger partial charge in [-0.25, -0.2) is 9.97 Å². The van der Waals surface area contributed by atoms with Gasteiger partial charge in [-0.3, -0.25) is 4.79 Å². The third-order valence-electron chi connectivity index (χ3n) is 7.63. The maximum Gasteiger partial charge on any atom is 0.573 e. The fourth-order valence-electron chi connectivity index (χ4n) is 5.32. The molecule has 11 heteroatoms. The number of hydrogen-bond acceptors (Lipinski definition) is 7. The second kappa shape index (κ2) is 13.8. The lowest BCUT2D eigenvalue weighted by Gasteiger charge is -2.31. The number of aryl methyl sites for hydroxylation is 1. The molecule has 0 amide bonds. The molecule has 4 bridgehead atoms. The topological polar surface area (TPSA) is 87.6 Å². The van der Waals surface area contributed by atoms with Crippen LogP contribution in [0.25, 0.3) is 22.4 Å². The summed E-state index contributed by atoms with van der Waals surface area (Å²) in [6.07, 6.45) is -0.229. The Balaban J connectivity index is 1.53. The fraction of sp³-hybridized carbons (Fsp3) is 0.324. The summed E-state index contributed by atoms with van der Waals surface area (Å²) in [6.45, 7) is 4.46. The van der Waals surface area contributed by atoms with Gasteiger partial charge in [-0.15, -0.1) is 13.2 Å². The highest BCUT2D eigenvalue weighted by Gasteiger charge is 2.32. The van der Waals surface area contributed by atoms with Crippen LogP contribution in [0.15, 0.2) is 83.9 Å². The number of halogens is 3. The van der Waals surface area contributed by atoms with Crippen molar-refractivity contribution in [1.82, 2.24) is 9.97 Å². The number of rotatable bonds is 5. The zero-order chi connectivity index (χ0) is 32.0. The normalized spacial score (nSPS) is 14.6. The molecule has 2 aromatic heterocycles. The molecule has 2 aromatic carbocycles. The number of aromatic nitrogens is 2. The van der Waals surface area contributed by atoms with E-state index in [0.717, 1.165) is 43.2 Å². The molecule has 1 aliphatic heterocycles. The van der Waals surface area contributed by atoms with E-state index in [4.69, 9.17) is 9.97 Å². The summed E-state index contributed by atoms with van der Waals surface area (Å²) < 4.78 is 46.5. The molecule has 2 N–H and O–H groups in total. The molecular formula is C34H35F3N4O3S. The number of benzene rings is 2. The van der Waals surface area contributed by atoms with E-state index in [2.05, 4.69) is 15.5 Å². The number of hydrogen-bond donors (Lipinski definition) is 2. The van der Waals surface area contributed by atoms with Crippen LogP contribution in [0.2, 0.25) is 0 Å². The van der Waals surface area contributed by atoms with Gasteiger partial charge in [0.05, 0.1) is 11.1 Å². The number of carboxylic acids is 1. The Morgan fingerprint density at radius 1 is 0.933 bits per heavy atom. The highest BCUT2D eigenvalue weighted by molar-refractivity contribution is 8.00. The maximum absolute atomic E-state index is 13.0. The van der Waals surface area contributed by atoms with Crippen LogP contribution < -0.4 is 14.4 Å². The maximum atomic E-state index is 13.0. The summed E-state index contributed by atoms with van der Waals surface area (Å²) in [5.74, 6) is 0.102. The molecular weight excluding hydrogens is 601 g/mol. The van der Waals surface area contributed by atoms with Gasteiger partial charge in [0.15, 0.2) is 0 Å². The number of ether oxygens (including phenoxy) is 1. The Bertz CT molecular complexity index is 1650. The van der Waals surface area contributed by atoms with Crippen LogP contribution in [-0.2, 0) is 11.2 Å². The van der Waals surface area contributed by atoms with E-state index in [1.165, 1.54) is 30.1 Å². The Morgan fingerprint density at radius 2 is 1.71 bits per heavy atom. The van der Waals surface area contributed by atoms with E-state index in [-0.39, 0.29) is 5.75 Å². The minimum Gasteiger partial charge on any atom is -0.481 e. The predicted octanol–water partition coefficient (Wildman–Crippen LogP) is 8.86. The first-order valence-electron chi connectivity index (χ1n) is 14.8. The van der Waals surface area contributed by atoms with Crippen LogP contribution in [-0.4, -0.2) is 40.5 Å². The summed E-state index contributed by atoms with van der Waals surface area (Å²) >= 11 is 1.28. The van der Waals surface area contributed by atoms with Crippen molar-refractivity contribution in [2.45, 2.75) is 57.3 Å². The van der Waals surface area contributed by atoms with E-state index in [9.17, 15) is 23.1 Å². The molecule has 0 radical (unpaired) electrons. The van der Waals surface area contributed by atoms with Crippen LogP contribution in [0.1, 0.15) is 45.1 Å². The quantitative estimate of drug-likeness (QED) is 0.210. The number of anilines is 2. The van der Waals surface area contributed by atoms with E-state index < -0.39 is 17.7 Å². The molecule has 0 aliphatic carbocycles. The van der Waals surface area contributed by atoms with Crippen molar-refractivity contribution < 1.29 is 27.8 Å². The van der Waals surface area contributed by atoms with Crippen LogP contribution in [0.4, 0.5) is 24.8 Å². The molecule has 0 fully saturated rings. The standard InChI is InChI=1S/C34H35F3N4O3S/c1-33(2,32(42)43)22-41-20-8-4-3-5-11-23-12-6-7-15-26(23)31-27(24-13-9-14-25(21-24)44-34(35,36)37)18-19-28(38-31)40-45-30-17-10-16-29(41)39-30/h6-7,9-10,12-19,21H,3-5,8,11,20,22H2,1-2H3,(H,38,40)(H,42,43). The highest BCUT2D eigenvalue weighted by Crippen LogP contribution is 2.37. The zero-order valence-electron chi connectivity index (χ0n) is 25.1. The van der Waals surface area contributed by atoms with Crippen LogP contribution in [0.3, 0.4) is 0 Å². The van der Waals surface area contributed by atoms with Gasteiger partial charge in [0.1, 0.15) is 22.4 Å². The lowest BCUT2D eigenvalue weighted by Crippen LogP contribution is -2.40. The molecule has 0 spiro atoms. The SMILES string of the molecule is CC(C)(CN1CCCCCCc2ccccc2-c2nc(ccc2-c2cccc(OC(F)(F)F)c2)NSc2cccc1n2)C(=O)O. The molecule has 5 rings (SSSR count). The van der Waals surface area contributed by atoms with Gasteiger partial charge in [-0.05, 0) is 80.6 Å². The first-order valence-corrected chi connectivity index (χ1v) is 15.6. The van der Waals surface area contributed by atoms with Gasteiger partial charge < -0.3 is 19.5 Å². The van der Waals surface area contributed by atoms with Gasteiger partial charge >= 0.3 is 12.3 Å². The van der Waals surface area contributed by atoms with E-state index in [1.54, 1.807) is 26.0 Å². The van der Waals surface area contributed by atoms with E-state index in [0.29, 0.717) is 46.6 Å². The number of fused-ring (bicyclic) bond motifs is 6. The summed E-state index contributed by atoms with van der Waals surface area (Å²) in [5, 5.41) is 10.5. The minimum absolute atomic E-state index is 0.297. The Morgan fingerprint density at radius 3 is 2.51 bits per heavy atom. The van der Waals surface area contributed by atoms with Gasteiger partial charge in [-0.2, -0.15) is 0 Å². The third-order valence-corrected chi connectivity index (χ3v) is 8.38. The first-order chi connectivity index (χ1) is 21.5. The van der Waals surface area contributed by atoms with Crippen molar-refractivity contribution in [2.24, 2.45) is 5.41 Å². The molecule has 0 unspecified atom stereocenters. The van der Waals surface area contributed by atoms with Crippen molar-refractivity contribution in [3.05, 3.63) is 84.4 Å². The monoisotopic (exact) mass is 636 g/mol. The molecule has 45 heavy (non-hydrogen) atoms. The smallest absolute Gasteiger partial charge is 0.481 e. The third kappa shape index (κ3) is 8.48. The van der Waals surface area contributed by atoms with Gasteiger partial charge in [-0.1, -0.05) is 55.3 Å². The summed E-state index contributed by atoms with van der Waals surface area (Å²) in [7, 11) is 0. The van der Waals surface area contributed by atoms with Gasteiger partial charge in [0.25, 0.3) is 0 Å². The zero-order valence-corrected chi connectivity index (χ0v) is 25.9. The van der Waals surface area contributed by atoms with E-state index in [1.807, 2.05) is 47.4 Å². The molecule has 4 aromatic rings. The lowest BCUT2D eigenvalue weighted by molar-refractivity contribution is -0.274. The fourth-order valence-corrected chi connectivity index (χ4v) is 5.93. The average Bonchev–Trinajstić information content (AvgIpc) is 3.00. The number of carbonyl (C=O) groups is 1. The number of alkyl halides is 3. The molecule has 7 nitrogen and oxygen atoms in total. The number of nitrogens with one attached hydrogen (secondary N) is 1. The number of carboxylic acid groups (broad SMARTS) is 1. The van der Waals surface area contributed by atoms with E-state index >= 15 is 0 Å². The summed E-state index contributed by atoms with van der Waals surface area (Å²) in [6, 6.07) is 23.2. The van der Waals surface area contributed by atoms with Crippen molar-refractivity contribution >= 4 is 29.6 Å². The minimum atomic E-state index is -4.80. The second-order valence-electron chi connectivity index (χ2n) is 11.6. The van der Waals surface area contributed by atoms with Crippen molar-refractivity contribution in [1.29, 1.82) is 0 Å². The molecule has 236 valence electrons. The largest absolute Gasteiger partial charge is 0.573 e. The number of pyridine rings is 2. The van der Waals surface area contributed by atoms with Crippen molar-refractivity contribution in [2.75, 3.05) is 22.7 Å². The Labute approximate surface area is 265 Å². The molecule has 1 aliphatic rings. The number of aliphatic carboxylic acids is 1.